The first-order chi connectivity index (χ1) is 15.7. The van der Waals surface area contributed by atoms with Crippen LogP contribution in [0.1, 0.15) is 43.5 Å². The largest absolute Gasteiger partial charge is 0.387 e. The number of rotatable bonds is 8. The van der Waals surface area contributed by atoms with Crippen LogP contribution in [0.15, 0.2) is 36.8 Å². The number of fused-ring (bicyclic) bond motifs is 1. The van der Waals surface area contributed by atoms with Crippen LogP contribution in [-0.2, 0) is 0 Å². The van der Waals surface area contributed by atoms with E-state index in [1.165, 1.54) is 20.0 Å². The van der Waals surface area contributed by atoms with Crippen molar-refractivity contribution < 1.29 is 18.7 Å². The van der Waals surface area contributed by atoms with E-state index in [0.717, 1.165) is 6.42 Å². The van der Waals surface area contributed by atoms with Crippen molar-refractivity contribution in [1.82, 2.24) is 24.9 Å². The monoisotopic (exact) mass is 459 g/mol. The molecule has 2 unspecified atom stereocenters. The summed E-state index contributed by atoms with van der Waals surface area (Å²) in [5.74, 6) is 0.329. The molecule has 3 aromatic heterocycles. The van der Waals surface area contributed by atoms with Crippen LogP contribution in [-0.4, -0.2) is 61.1 Å². The van der Waals surface area contributed by atoms with Crippen molar-refractivity contribution in [1.29, 1.82) is 0 Å². The molecule has 1 fully saturated rings. The van der Waals surface area contributed by atoms with Crippen LogP contribution >= 0.6 is 0 Å². The highest BCUT2D eigenvalue weighted by Gasteiger charge is 2.29. The third-order valence-electron chi connectivity index (χ3n) is 5.64. The second-order valence-corrected chi connectivity index (χ2v) is 8.72. The number of hydrogen-bond donors (Lipinski definition) is 4. The molecule has 9 nitrogen and oxygen atoms in total. The minimum Gasteiger partial charge on any atom is -0.387 e. The van der Waals surface area contributed by atoms with Gasteiger partial charge in [0.15, 0.2) is 11.5 Å². The molecule has 3 aromatic rings. The molecule has 33 heavy (non-hydrogen) atoms. The molecule has 4 N–H and O–H groups in total. The molecule has 3 heterocycles. The predicted octanol–water partition coefficient (Wildman–Crippen LogP) is 3.01. The van der Waals surface area contributed by atoms with Gasteiger partial charge in [-0.1, -0.05) is 0 Å². The Morgan fingerprint density at radius 3 is 2.85 bits per heavy atom. The van der Waals surface area contributed by atoms with Crippen LogP contribution in [0.4, 0.5) is 26.1 Å². The van der Waals surface area contributed by atoms with Gasteiger partial charge in [-0.15, -0.1) is 5.10 Å². The first-order valence-electron chi connectivity index (χ1n) is 10.8. The average Bonchev–Trinajstić information content (AvgIpc) is 3.39. The van der Waals surface area contributed by atoms with Crippen molar-refractivity contribution in [2.24, 2.45) is 0 Å². The smallest absolute Gasteiger partial charge is 0.255 e. The Morgan fingerprint density at radius 1 is 1.30 bits per heavy atom. The topological polar surface area (TPSA) is 116 Å². The molecule has 0 bridgehead atoms. The lowest BCUT2D eigenvalue weighted by molar-refractivity contribution is -0.00177. The van der Waals surface area contributed by atoms with Crippen LogP contribution in [0.25, 0.3) is 5.65 Å². The molecule has 0 saturated heterocycles. The summed E-state index contributed by atoms with van der Waals surface area (Å²) in [4.78, 5) is 21.2. The summed E-state index contributed by atoms with van der Waals surface area (Å²) in [6.07, 6.45) is 3.85. The summed E-state index contributed by atoms with van der Waals surface area (Å²) in [5.41, 5.74) is -0.368. The number of halogens is 2. The molecule has 4 rings (SSSR count). The molecule has 0 aromatic carbocycles. The van der Waals surface area contributed by atoms with Crippen molar-refractivity contribution in [3.63, 3.8) is 0 Å². The quantitative estimate of drug-likeness (QED) is 0.409. The van der Waals surface area contributed by atoms with E-state index in [0.29, 0.717) is 35.8 Å². The van der Waals surface area contributed by atoms with E-state index >= 15 is 0 Å². The van der Waals surface area contributed by atoms with Crippen LogP contribution in [0, 0.1) is 0 Å². The molecular weight excluding hydrogens is 432 g/mol. The molecule has 1 amide bonds. The van der Waals surface area contributed by atoms with Crippen molar-refractivity contribution in [3.8, 4) is 0 Å². The Bertz CT molecular complexity index is 1130. The van der Waals surface area contributed by atoms with E-state index in [-0.39, 0.29) is 12.1 Å². The molecule has 0 spiro atoms. The van der Waals surface area contributed by atoms with E-state index in [4.69, 9.17) is 0 Å². The van der Waals surface area contributed by atoms with Gasteiger partial charge in [0, 0.05) is 24.7 Å². The predicted molar refractivity (Wildman–Crippen MR) is 120 cm³/mol. The molecule has 3 atom stereocenters. The maximum absolute atomic E-state index is 14.3. The fourth-order valence-electron chi connectivity index (χ4n) is 3.64. The van der Waals surface area contributed by atoms with E-state index in [1.54, 1.807) is 35.1 Å². The summed E-state index contributed by atoms with van der Waals surface area (Å²) in [7, 11) is 0. The fraction of sp³-hybridized carbons (Fsp3) is 0.455. The third-order valence-corrected chi connectivity index (χ3v) is 5.64. The van der Waals surface area contributed by atoms with Gasteiger partial charge in [-0.3, -0.25) is 4.79 Å². The highest BCUT2D eigenvalue weighted by Crippen LogP contribution is 2.28. The Balaban J connectivity index is 1.56. The lowest BCUT2D eigenvalue weighted by Gasteiger charge is -2.23. The van der Waals surface area contributed by atoms with Gasteiger partial charge in [0.05, 0.1) is 29.4 Å². The highest BCUT2D eigenvalue weighted by molar-refractivity contribution is 5.99. The zero-order valence-corrected chi connectivity index (χ0v) is 18.4. The minimum atomic E-state index is -1.65. The zero-order valence-electron chi connectivity index (χ0n) is 18.4. The average molecular weight is 460 g/mol. The van der Waals surface area contributed by atoms with Crippen LogP contribution in [0.5, 0.6) is 0 Å². The molecule has 0 aliphatic heterocycles. The van der Waals surface area contributed by atoms with Crippen molar-refractivity contribution in [3.05, 3.63) is 42.4 Å². The second kappa shape index (κ2) is 9.26. The summed E-state index contributed by atoms with van der Waals surface area (Å²) in [5, 5.41) is 22.8. The van der Waals surface area contributed by atoms with E-state index in [2.05, 4.69) is 31.0 Å². The number of alkyl halides is 2. The molecule has 11 heteroatoms. The third kappa shape index (κ3) is 5.36. The highest BCUT2D eigenvalue weighted by atomic mass is 19.1. The number of nitrogens with one attached hydrogen (secondary N) is 3. The van der Waals surface area contributed by atoms with Gasteiger partial charge in [-0.25, -0.2) is 23.3 Å². The number of amides is 1. The maximum Gasteiger partial charge on any atom is 0.255 e. The zero-order chi connectivity index (χ0) is 23.6. The second-order valence-electron chi connectivity index (χ2n) is 8.72. The first kappa shape index (κ1) is 22.8. The van der Waals surface area contributed by atoms with Crippen molar-refractivity contribution >= 4 is 28.9 Å². The number of hydrogen-bond acceptors (Lipinski definition) is 7. The number of carbonyl (C=O) groups excluding carboxylic acids is 1. The Morgan fingerprint density at radius 2 is 2.12 bits per heavy atom. The van der Waals surface area contributed by atoms with E-state index in [9.17, 15) is 18.7 Å². The lowest BCUT2D eigenvalue weighted by atomic mass is 10.0. The van der Waals surface area contributed by atoms with Crippen molar-refractivity contribution in [2.75, 3.05) is 17.2 Å². The van der Waals surface area contributed by atoms with Gasteiger partial charge in [-0.2, -0.15) is 0 Å². The Kier molecular flexibility index (Phi) is 6.41. The number of imidazole rings is 1. The summed E-state index contributed by atoms with van der Waals surface area (Å²) >= 11 is 0. The molecule has 1 aliphatic rings. The molecule has 1 aliphatic carbocycles. The fourth-order valence-corrected chi connectivity index (χ4v) is 3.64. The van der Waals surface area contributed by atoms with Crippen LogP contribution < -0.4 is 16.0 Å². The van der Waals surface area contributed by atoms with Gasteiger partial charge < -0.3 is 21.1 Å². The Labute approximate surface area is 189 Å². The van der Waals surface area contributed by atoms with Gasteiger partial charge in [-0.05, 0) is 45.2 Å². The number of anilines is 3. The maximum atomic E-state index is 14.3. The van der Waals surface area contributed by atoms with Gasteiger partial charge in [0.1, 0.15) is 18.2 Å². The lowest BCUT2D eigenvalue weighted by Crippen LogP contribution is -2.42. The number of carbonyl (C=O) groups is 1. The summed E-state index contributed by atoms with van der Waals surface area (Å²) in [6, 6.07) is 4.70. The van der Waals surface area contributed by atoms with Crippen LogP contribution in [0.3, 0.4) is 0 Å². The number of aromatic nitrogens is 4. The number of pyridine rings is 1. The SMILES string of the molecule is CC(C)(O)[C@H](F)CNC(=O)c1cnc(Nc2ccc3nccn3n2)cc1NC1CCCC1F. The standard InChI is InChI=1S/C22H27F2N7O2/c1-22(2,33)17(24)12-27-21(32)13-11-26-19(10-16(13)28-15-5-3-4-14(15)23)29-18-6-7-20-25-8-9-31(20)30-18/h6-11,14-15,17,33H,3-5,12H2,1-2H3,(H,27,32)(H2,26,28,29,30)/t14?,15?,17-/m1/s1. The van der Waals surface area contributed by atoms with Crippen molar-refractivity contribution in [2.45, 2.75) is 57.1 Å². The number of aliphatic hydroxyl groups is 1. The van der Waals surface area contributed by atoms with Gasteiger partial charge in [0.25, 0.3) is 5.91 Å². The van der Waals surface area contributed by atoms with E-state index in [1.807, 2.05) is 0 Å². The van der Waals surface area contributed by atoms with Gasteiger partial charge in [0.2, 0.25) is 0 Å². The van der Waals surface area contributed by atoms with Crippen LogP contribution in [0.2, 0.25) is 0 Å². The molecule has 1 saturated carbocycles. The normalized spacial score (nSPS) is 19.4. The minimum absolute atomic E-state index is 0.153. The molecule has 0 radical (unpaired) electrons. The van der Waals surface area contributed by atoms with Gasteiger partial charge >= 0.3 is 0 Å². The first-order valence-corrected chi connectivity index (χ1v) is 10.8. The molecule has 176 valence electrons. The summed E-state index contributed by atoms with van der Waals surface area (Å²) in [6.45, 7) is 2.29. The Hall–Kier alpha value is -3.34. The summed E-state index contributed by atoms with van der Waals surface area (Å²) < 4.78 is 30.0. The molecular formula is C22H27F2N7O2. The van der Waals surface area contributed by atoms with E-state index < -0.39 is 29.9 Å². The number of nitrogens with zero attached hydrogens (tertiary/aromatic N) is 4.